The van der Waals surface area contributed by atoms with Crippen LogP contribution in [0.25, 0.3) is 11.1 Å². The van der Waals surface area contributed by atoms with Gasteiger partial charge in [0, 0.05) is 5.56 Å². The maximum atomic E-state index is 13.1. The Labute approximate surface area is 102 Å². The lowest BCUT2D eigenvalue weighted by atomic mass is 10.0. The van der Waals surface area contributed by atoms with Crippen molar-refractivity contribution in [2.75, 3.05) is 0 Å². The summed E-state index contributed by atoms with van der Waals surface area (Å²) in [5.74, 6) is -4.00. The standard InChI is InChI=1S/C14H9F3O/c1-8-2-9(7-18)4-10(3-8)11-5-12(15)14(17)13(16)6-11/h2-7H,1H3. The van der Waals surface area contributed by atoms with Crippen molar-refractivity contribution in [3.05, 3.63) is 58.9 Å². The lowest BCUT2D eigenvalue weighted by Gasteiger charge is -2.06. The molecular weight excluding hydrogens is 241 g/mol. The molecule has 2 aromatic rings. The van der Waals surface area contributed by atoms with Gasteiger partial charge in [-0.3, -0.25) is 4.79 Å². The fourth-order valence-electron chi connectivity index (χ4n) is 1.77. The zero-order valence-electron chi connectivity index (χ0n) is 9.51. The Kier molecular flexibility index (Phi) is 3.19. The topological polar surface area (TPSA) is 17.1 Å². The van der Waals surface area contributed by atoms with Crippen molar-refractivity contribution in [2.45, 2.75) is 6.92 Å². The first kappa shape index (κ1) is 12.4. The molecular formula is C14H9F3O. The van der Waals surface area contributed by atoms with E-state index in [-0.39, 0.29) is 5.56 Å². The van der Waals surface area contributed by atoms with Crippen LogP contribution in [0, 0.1) is 24.4 Å². The van der Waals surface area contributed by atoms with Gasteiger partial charge in [0.25, 0.3) is 0 Å². The summed E-state index contributed by atoms with van der Waals surface area (Å²) in [7, 11) is 0. The molecule has 92 valence electrons. The molecule has 2 aromatic carbocycles. The summed E-state index contributed by atoms with van der Waals surface area (Å²) < 4.78 is 39.1. The predicted octanol–water partition coefficient (Wildman–Crippen LogP) is 3.89. The quantitative estimate of drug-likeness (QED) is 0.583. The van der Waals surface area contributed by atoms with Gasteiger partial charge in [-0.25, -0.2) is 13.2 Å². The van der Waals surface area contributed by atoms with Crippen LogP contribution < -0.4 is 0 Å². The first-order valence-corrected chi connectivity index (χ1v) is 5.23. The molecule has 0 spiro atoms. The SMILES string of the molecule is Cc1cc(C=O)cc(-c2cc(F)c(F)c(F)c2)c1. The third kappa shape index (κ3) is 2.27. The van der Waals surface area contributed by atoms with E-state index in [2.05, 4.69) is 0 Å². The van der Waals surface area contributed by atoms with E-state index >= 15 is 0 Å². The first-order valence-electron chi connectivity index (χ1n) is 5.23. The molecule has 0 saturated carbocycles. The molecule has 0 atom stereocenters. The molecule has 0 bridgehead atoms. The van der Waals surface area contributed by atoms with Gasteiger partial charge in [-0.1, -0.05) is 6.07 Å². The summed E-state index contributed by atoms with van der Waals surface area (Å²) in [5.41, 5.74) is 1.84. The molecule has 0 fully saturated rings. The zero-order chi connectivity index (χ0) is 13.3. The molecule has 0 amide bonds. The van der Waals surface area contributed by atoms with Gasteiger partial charge in [-0.05, 0) is 47.9 Å². The number of carbonyl (C=O) groups excluding carboxylic acids is 1. The van der Waals surface area contributed by atoms with Crippen molar-refractivity contribution in [1.82, 2.24) is 0 Å². The van der Waals surface area contributed by atoms with Gasteiger partial charge in [0.1, 0.15) is 6.29 Å². The number of halogens is 3. The Morgan fingerprint density at radius 3 is 2.00 bits per heavy atom. The second kappa shape index (κ2) is 4.64. The van der Waals surface area contributed by atoms with Gasteiger partial charge in [-0.2, -0.15) is 0 Å². The maximum absolute atomic E-state index is 13.1. The minimum absolute atomic E-state index is 0.193. The molecule has 0 unspecified atom stereocenters. The van der Waals surface area contributed by atoms with E-state index in [1.54, 1.807) is 19.1 Å². The van der Waals surface area contributed by atoms with Crippen LogP contribution in [-0.4, -0.2) is 6.29 Å². The fraction of sp³-hybridized carbons (Fsp3) is 0.0714. The Bertz CT molecular complexity index is 597. The lowest BCUT2D eigenvalue weighted by molar-refractivity contribution is 0.112. The highest BCUT2D eigenvalue weighted by Crippen LogP contribution is 2.25. The van der Waals surface area contributed by atoms with E-state index in [0.717, 1.165) is 17.7 Å². The van der Waals surface area contributed by atoms with E-state index in [1.807, 2.05) is 0 Å². The van der Waals surface area contributed by atoms with Crippen LogP contribution in [0.2, 0.25) is 0 Å². The van der Waals surface area contributed by atoms with Gasteiger partial charge in [-0.15, -0.1) is 0 Å². The molecule has 0 aromatic heterocycles. The molecule has 0 aliphatic heterocycles. The van der Waals surface area contributed by atoms with E-state index in [9.17, 15) is 18.0 Å². The molecule has 0 radical (unpaired) electrons. The molecule has 0 aliphatic carbocycles. The van der Waals surface area contributed by atoms with Crippen LogP contribution in [0.3, 0.4) is 0 Å². The Balaban J connectivity index is 2.61. The second-order valence-electron chi connectivity index (χ2n) is 4.00. The van der Waals surface area contributed by atoms with Crippen LogP contribution in [-0.2, 0) is 0 Å². The largest absolute Gasteiger partial charge is 0.298 e. The molecule has 1 nitrogen and oxygen atoms in total. The highest BCUT2D eigenvalue weighted by molar-refractivity contribution is 5.79. The number of hydrogen-bond donors (Lipinski definition) is 0. The van der Waals surface area contributed by atoms with Gasteiger partial charge < -0.3 is 0 Å². The summed E-state index contributed by atoms with van der Waals surface area (Å²) in [4.78, 5) is 10.7. The number of benzene rings is 2. The molecule has 0 heterocycles. The summed E-state index contributed by atoms with van der Waals surface area (Å²) in [5, 5.41) is 0. The van der Waals surface area contributed by atoms with Crippen LogP contribution >= 0.6 is 0 Å². The van der Waals surface area contributed by atoms with Crippen LogP contribution in [0.5, 0.6) is 0 Å². The maximum Gasteiger partial charge on any atom is 0.194 e. The monoisotopic (exact) mass is 250 g/mol. The van der Waals surface area contributed by atoms with Crippen molar-refractivity contribution < 1.29 is 18.0 Å². The Morgan fingerprint density at radius 2 is 1.44 bits per heavy atom. The van der Waals surface area contributed by atoms with Crippen molar-refractivity contribution in [2.24, 2.45) is 0 Å². The van der Waals surface area contributed by atoms with Gasteiger partial charge in [0.05, 0.1) is 0 Å². The van der Waals surface area contributed by atoms with Crippen LogP contribution in [0.4, 0.5) is 13.2 Å². The minimum Gasteiger partial charge on any atom is -0.298 e. The molecule has 2 rings (SSSR count). The molecule has 0 N–H and O–H groups in total. The first-order chi connectivity index (χ1) is 8.51. The van der Waals surface area contributed by atoms with Gasteiger partial charge in [0.15, 0.2) is 17.5 Å². The zero-order valence-corrected chi connectivity index (χ0v) is 9.51. The van der Waals surface area contributed by atoms with Crippen molar-refractivity contribution in [3.63, 3.8) is 0 Å². The number of aryl methyl sites for hydroxylation is 1. The molecule has 0 saturated heterocycles. The third-order valence-electron chi connectivity index (χ3n) is 2.55. The van der Waals surface area contributed by atoms with E-state index in [1.165, 1.54) is 6.07 Å². The molecule has 4 heteroatoms. The van der Waals surface area contributed by atoms with E-state index in [0.29, 0.717) is 17.4 Å². The highest BCUT2D eigenvalue weighted by atomic mass is 19.2. The van der Waals surface area contributed by atoms with E-state index < -0.39 is 17.5 Å². The summed E-state index contributed by atoms with van der Waals surface area (Å²) in [6, 6.07) is 6.61. The Hall–Kier alpha value is -2.10. The average Bonchev–Trinajstić information content (AvgIpc) is 2.34. The summed E-state index contributed by atoms with van der Waals surface area (Å²) in [6.07, 6.45) is 0.646. The average molecular weight is 250 g/mol. The normalized spacial score (nSPS) is 10.4. The number of carbonyl (C=O) groups is 1. The van der Waals surface area contributed by atoms with Crippen LogP contribution in [0.15, 0.2) is 30.3 Å². The van der Waals surface area contributed by atoms with Crippen molar-refractivity contribution in [3.8, 4) is 11.1 Å². The minimum atomic E-state index is -1.50. The van der Waals surface area contributed by atoms with Crippen molar-refractivity contribution >= 4 is 6.29 Å². The highest BCUT2D eigenvalue weighted by Gasteiger charge is 2.12. The van der Waals surface area contributed by atoms with Crippen molar-refractivity contribution in [1.29, 1.82) is 0 Å². The lowest BCUT2D eigenvalue weighted by Crippen LogP contribution is -1.93. The molecule has 0 aliphatic rings. The number of rotatable bonds is 2. The Morgan fingerprint density at radius 1 is 0.889 bits per heavy atom. The summed E-state index contributed by atoms with van der Waals surface area (Å²) in [6.45, 7) is 1.76. The third-order valence-corrected chi connectivity index (χ3v) is 2.55. The molecule has 18 heavy (non-hydrogen) atoms. The van der Waals surface area contributed by atoms with Gasteiger partial charge in [0.2, 0.25) is 0 Å². The van der Waals surface area contributed by atoms with Crippen LogP contribution in [0.1, 0.15) is 15.9 Å². The summed E-state index contributed by atoms with van der Waals surface area (Å²) >= 11 is 0. The smallest absolute Gasteiger partial charge is 0.194 e. The second-order valence-corrected chi connectivity index (χ2v) is 4.00. The predicted molar refractivity (Wildman–Crippen MR) is 61.9 cm³/mol. The fourth-order valence-corrected chi connectivity index (χ4v) is 1.77. The van der Waals surface area contributed by atoms with E-state index in [4.69, 9.17) is 0 Å². The van der Waals surface area contributed by atoms with Gasteiger partial charge >= 0.3 is 0 Å². The number of hydrogen-bond acceptors (Lipinski definition) is 1. The number of aldehydes is 1.